The van der Waals surface area contributed by atoms with Gasteiger partial charge in [0.25, 0.3) is 5.91 Å². The summed E-state index contributed by atoms with van der Waals surface area (Å²) in [5.41, 5.74) is 1.62. The van der Waals surface area contributed by atoms with E-state index in [1.165, 1.54) is 5.56 Å². The van der Waals surface area contributed by atoms with Gasteiger partial charge in [-0.3, -0.25) is 19.5 Å². The van der Waals surface area contributed by atoms with Crippen molar-refractivity contribution in [1.29, 1.82) is 0 Å². The molecular weight excluding hydrogens is 392 g/mol. The maximum atomic E-state index is 13.0. The number of likely N-dealkylation sites (tertiary alicyclic amines) is 2. The molecule has 3 aliphatic heterocycles. The Labute approximate surface area is 182 Å². The van der Waals surface area contributed by atoms with Crippen LogP contribution in [0.2, 0.25) is 0 Å². The van der Waals surface area contributed by atoms with E-state index in [1.54, 1.807) is 19.4 Å². The zero-order valence-corrected chi connectivity index (χ0v) is 17.8. The Hall–Kier alpha value is -2.93. The zero-order chi connectivity index (χ0) is 21.4. The van der Waals surface area contributed by atoms with Crippen LogP contribution in [0, 0.1) is 11.8 Å². The molecule has 4 heterocycles. The fourth-order valence-electron chi connectivity index (χ4n) is 5.56. The first-order valence-corrected chi connectivity index (χ1v) is 10.9. The molecule has 0 aliphatic carbocycles. The number of hydrogen-bond acceptors (Lipinski definition) is 5. The van der Waals surface area contributed by atoms with Gasteiger partial charge < -0.3 is 15.0 Å². The van der Waals surface area contributed by atoms with Gasteiger partial charge in [0.05, 0.1) is 13.0 Å². The molecule has 0 saturated carbocycles. The Morgan fingerprint density at radius 3 is 2.81 bits per heavy atom. The number of pyridine rings is 1. The van der Waals surface area contributed by atoms with Crippen LogP contribution in [0.5, 0.6) is 5.75 Å². The Kier molecular flexibility index (Phi) is 5.14. The van der Waals surface area contributed by atoms with E-state index in [-0.39, 0.29) is 23.3 Å². The minimum Gasteiger partial charge on any atom is -0.497 e. The number of aromatic nitrogens is 1. The van der Waals surface area contributed by atoms with Crippen molar-refractivity contribution in [3.05, 3.63) is 59.9 Å². The van der Waals surface area contributed by atoms with Gasteiger partial charge in [-0.1, -0.05) is 12.1 Å². The first-order chi connectivity index (χ1) is 15.1. The first-order valence-electron chi connectivity index (χ1n) is 10.9. The summed E-state index contributed by atoms with van der Waals surface area (Å²) in [7, 11) is 1.60. The Bertz CT molecular complexity index is 972. The highest BCUT2D eigenvalue weighted by atomic mass is 16.5. The number of amides is 2. The van der Waals surface area contributed by atoms with E-state index in [2.05, 4.69) is 21.3 Å². The monoisotopic (exact) mass is 420 g/mol. The van der Waals surface area contributed by atoms with Crippen LogP contribution in [0.1, 0.15) is 28.8 Å². The summed E-state index contributed by atoms with van der Waals surface area (Å²) in [6, 6.07) is 11.3. The van der Waals surface area contributed by atoms with Gasteiger partial charge in [0, 0.05) is 62.1 Å². The van der Waals surface area contributed by atoms with E-state index in [1.807, 2.05) is 35.4 Å². The molecule has 0 bridgehead atoms. The quantitative estimate of drug-likeness (QED) is 0.818. The van der Waals surface area contributed by atoms with Gasteiger partial charge in [-0.15, -0.1) is 0 Å². The summed E-state index contributed by atoms with van der Waals surface area (Å²) < 4.78 is 5.25. The molecule has 1 spiro atoms. The molecule has 1 aromatic carbocycles. The SMILES string of the molecule is COc1cccc(C(=O)N2CCC3(CC2)NC(=O)[C@@H]2CN(Cc4cccnc4)C[C@@H]23)c1. The summed E-state index contributed by atoms with van der Waals surface area (Å²) in [6.45, 7) is 3.83. The van der Waals surface area contributed by atoms with Crippen molar-refractivity contribution in [2.24, 2.45) is 11.8 Å². The van der Waals surface area contributed by atoms with Crippen molar-refractivity contribution in [3.63, 3.8) is 0 Å². The van der Waals surface area contributed by atoms with Crippen molar-refractivity contribution in [2.75, 3.05) is 33.3 Å². The second-order valence-corrected chi connectivity index (χ2v) is 8.94. The number of benzene rings is 1. The molecule has 2 aromatic rings. The van der Waals surface area contributed by atoms with Crippen molar-refractivity contribution in [3.8, 4) is 5.75 Å². The number of nitrogens with one attached hydrogen (secondary N) is 1. The average molecular weight is 421 g/mol. The van der Waals surface area contributed by atoms with Crippen molar-refractivity contribution < 1.29 is 14.3 Å². The van der Waals surface area contributed by atoms with Gasteiger partial charge in [0.15, 0.2) is 0 Å². The first kappa shape index (κ1) is 20.0. The minimum atomic E-state index is -0.198. The Balaban J connectivity index is 1.25. The van der Waals surface area contributed by atoms with E-state index in [0.717, 1.165) is 32.5 Å². The standard InChI is InChI=1S/C24H28N4O3/c1-31-19-6-2-5-18(12-19)23(30)28-10-7-24(8-11-28)21-16-27(15-20(21)22(29)26-24)14-17-4-3-9-25-13-17/h2-6,9,12-13,20-21H,7-8,10-11,14-16H2,1H3,(H,26,29)/t20-,21+/m1/s1. The van der Waals surface area contributed by atoms with Crippen LogP contribution >= 0.6 is 0 Å². The van der Waals surface area contributed by atoms with Crippen molar-refractivity contribution in [2.45, 2.75) is 24.9 Å². The van der Waals surface area contributed by atoms with E-state index >= 15 is 0 Å². The Morgan fingerprint density at radius 1 is 1.23 bits per heavy atom. The molecule has 31 heavy (non-hydrogen) atoms. The van der Waals surface area contributed by atoms with Crippen molar-refractivity contribution in [1.82, 2.24) is 20.1 Å². The van der Waals surface area contributed by atoms with Crippen LogP contribution in [0.4, 0.5) is 0 Å². The summed E-state index contributed by atoms with van der Waals surface area (Å²) in [4.78, 5) is 34.3. The van der Waals surface area contributed by atoms with Crippen LogP contribution in [0.25, 0.3) is 0 Å². The predicted molar refractivity (Wildman–Crippen MR) is 115 cm³/mol. The number of ether oxygens (including phenoxy) is 1. The fraction of sp³-hybridized carbons (Fsp3) is 0.458. The normalized spacial score (nSPS) is 24.8. The smallest absolute Gasteiger partial charge is 0.253 e. The number of hydrogen-bond donors (Lipinski definition) is 1. The molecule has 1 aromatic heterocycles. The van der Waals surface area contributed by atoms with Crippen LogP contribution in [-0.4, -0.2) is 65.4 Å². The second-order valence-electron chi connectivity index (χ2n) is 8.94. The van der Waals surface area contributed by atoms with Gasteiger partial charge in [-0.25, -0.2) is 0 Å². The lowest BCUT2D eigenvalue weighted by molar-refractivity contribution is -0.123. The van der Waals surface area contributed by atoms with Gasteiger partial charge in [-0.2, -0.15) is 0 Å². The number of fused-ring (bicyclic) bond motifs is 2. The molecule has 5 rings (SSSR count). The summed E-state index contributed by atoms with van der Waals surface area (Å²) >= 11 is 0. The molecule has 2 amide bonds. The molecule has 3 fully saturated rings. The molecule has 0 unspecified atom stereocenters. The summed E-state index contributed by atoms with van der Waals surface area (Å²) in [5.74, 6) is 1.22. The van der Waals surface area contributed by atoms with Crippen LogP contribution in [0.3, 0.4) is 0 Å². The third-order valence-corrected chi connectivity index (χ3v) is 7.20. The molecule has 162 valence electrons. The highest BCUT2D eigenvalue weighted by molar-refractivity contribution is 5.94. The molecule has 7 nitrogen and oxygen atoms in total. The predicted octanol–water partition coefficient (Wildman–Crippen LogP) is 1.94. The molecule has 3 saturated heterocycles. The van der Waals surface area contributed by atoms with Gasteiger partial charge in [0.1, 0.15) is 5.75 Å². The fourth-order valence-corrected chi connectivity index (χ4v) is 5.56. The largest absolute Gasteiger partial charge is 0.497 e. The van der Waals surface area contributed by atoms with E-state index in [9.17, 15) is 9.59 Å². The molecular formula is C24H28N4O3. The van der Waals surface area contributed by atoms with Crippen LogP contribution in [0.15, 0.2) is 48.8 Å². The minimum absolute atomic E-state index is 0.0271. The van der Waals surface area contributed by atoms with Gasteiger partial charge in [0.2, 0.25) is 5.91 Å². The topological polar surface area (TPSA) is 74.8 Å². The average Bonchev–Trinajstić information content (AvgIpc) is 3.33. The highest BCUT2D eigenvalue weighted by Crippen LogP contribution is 2.44. The number of nitrogens with zero attached hydrogens (tertiary/aromatic N) is 3. The van der Waals surface area contributed by atoms with E-state index in [0.29, 0.717) is 30.3 Å². The number of methoxy groups -OCH3 is 1. The number of rotatable bonds is 4. The number of carbonyl (C=O) groups is 2. The van der Waals surface area contributed by atoms with Gasteiger partial charge >= 0.3 is 0 Å². The van der Waals surface area contributed by atoms with Gasteiger partial charge in [-0.05, 0) is 42.7 Å². The molecule has 1 N–H and O–H groups in total. The molecule has 3 aliphatic rings. The van der Waals surface area contributed by atoms with Crippen LogP contribution in [-0.2, 0) is 11.3 Å². The second kappa shape index (κ2) is 7.96. The lowest BCUT2D eigenvalue weighted by atomic mass is 9.75. The maximum absolute atomic E-state index is 13.0. The van der Waals surface area contributed by atoms with Crippen LogP contribution < -0.4 is 10.1 Å². The van der Waals surface area contributed by atoms with E-state index < -0.39 is 0 Å². The van der Waals surface area contributed by atoms with Crippen molar-refractivity contribution >= 4 is 11.8 Å². The summed E-state index contributed by atoms with van der Waals surface area (Å²) in [6.07, 6.45) is 5.28. The summed E-state index contributed by atoms with van der Waals surface area (Å²) in [5, 5.41) is 3.34. The molecule has 7 heteroatoms. The molecule has 0 radical (unpaired) electrons. The highest BCUT2D eigenvalue weighted by Gasteiger charge is 2.57. The lowest BCUT2D eigenvalue weighted by Crippen LogP contribution is -2.56. The number of carbonyl (C=O) groups excluding carboxylic acids is 2. The zero-order valence-electron chi connectivity index (χ0n) is 17.8. The lowest BCUT2D eigenvalue weighted by Gasteiger charge is -2.42. The Morgan fingerprint density at radius 2 is 2.06 bits per heavy atom. The maximum Gasteiger partial charge on any atom is 0.253 e. The molecule has 2 atom stereocenters. The third kappa shape index (κ3) is 3.67. The van der Waals surface area contributed by atoms with E-state index in [4.69, 9.17) is 4.74 Å². The number of piperidine rings is 1. The third-order valence-electron chi connectivity index (χ3n) is 7.20.